The third kappa shape index (κ3) is 1.99. The highest BCUT2D eigenvalue weighted by molar-refractivity contribution is 7.92. The van der Waals surface area contributed by atoms with Gasteiger partial charge in [0, 0.05) is 5.92 Å². The fourth-order valence-electron chi connectivity index (χ4n) is 2.04. The lowest BCUT2D eigenvalue weighted by molar-refractivity contribution is 0.0571. The molecule has 0 heterocycles. The van der Waals surface area contributed by atoms with E-state index in [1.165, 1.54) is 0 Å². The van der Waals surface area contributed by atoms with Crippen LogP contribution in [-0.2, 0) is 9.84 Å². The van der Waals surface area contributed by atoms with E-state index in [4.69, 9.17) is 0 Å². The van der Waals surface area contributed by atoms with Crippen molar-refractivity contribution in [2.75, 3.05) is 0 Å². The Morgan fingerprint density at radius 3 is 2.25 bits per heavy atom. The van der Waals surface area contributed by atoms with E-state index in [1.54, 1.807) is 44.2 Å². The normalized spacial score (nSPS) is 25.4. The van der Waals surface area contributed by atoms with E-state index < -0.39 is 20.7 Å². The standard InChI is InChI=1S/C12H16O3S/c1-12(2,13)10-8-11(10)16(14,15)9-6-4-3-5-7-9/h3-7,10-11,13H,8H2,1-2H3/t10-,11-/m0/s1. The van der Waals surface area contributed by atoms with Gasteiger partial charge in [0.05, 0.1) is 15.7 Å². The Morgan fingerprint density at radius 2 is 1.81 bits per heavy atom. The molecule has 0 radical (unpaired) electrons. The molecule has 2 atom stereocenters. The van der Waals surface area contributed by atoms with Crippen molar-refractivity contribution in [2.45, 2.75) is 36.0 Å². The molecule has 16 heavy (non-hydrogen) atoms. The summed E-state index contributed by atoms with van der Waals surface area (Å²) in [6.45, 7) is 3.33. The lowest BCUT2D eigenvalue weighted by atomic mass is 10.0. The summed E-state index contributed by atoms with van der Waals surface area (Å²) in [5, 5.41) is 9.35. The maximum atomic E-state index is 12.1. The predicted molar refractivity (Wildman–Crippen MR) is 61.8 cm³/mol. The lowest BCUT2D eigenvalue weighted by Crippen LogP contribution is -2.26. The second-order valence-electron chi connectivity index (χ2n) is 4.89. The highest BCUT2D eigenvalue weighted by Gasteiger charge is 2.54. The SMILES string of the molecule is CC(C)(O)[C@H]1C[C@@H]1S(=O)(=O)c1ccccc1. The molecule has 0 aromatic heterocycles. The summed E-state index contributed by atoms with van der Waals surface area (Å²) < 4.78 is 24.3. The average Bonchev–Trinajstić information content (AvgIpc) is 2.98. The lowest BCUT2D eigenvalue weighted by Gasteiger charge is -2.16. The van der Waals surface area contributed by atoms with Crippen LogP contribution in [0.4, 0.5) is 0 Å². The Balaban J connectivity index is 2.25. The molecule has 0 spiro atoms. The highest BCUT2D eigenvalue weighted by Crippen LogP contribution is 2.46. The van der Waals surface area contributed by atoms with Gasteiger partial charge in [-0.05, 0) is 32.4 Å². The van der Waals surface area contributed by atoms with Crippen molar-refractivity contribution in [3.63, 3.8) is 0 Å². The number of benzene rings is 1. The fraction of sp³-hybridized carbons (Fsp3) is 0.500. The maximum absolute atomic E-state index is 12.1. The molecule has 1 aromatic carbocycles. The van der Waals surface area contributed by atoms with Crippen molar-refractivity contribution >= 4 is 9.84 Å². The molecule has 3 nitrogen and oxygen atoms in total. The van der Waals surface area contributed by atoms with E-state index in [9.17, 15) is 13.5 Å². The minimum Gasteiger partial charge on any atom is -0.390 e. The summed E-state index contributed by atoms with van der Waals surface area (Å²) in [5.74, 6) is -0.141. The third-order valence-corrected chi connectivity index (χ3v) is 5.36. The van der Waals surface area contributed by atoms with Crippen LogP contribution >= 0.6 is 0 Å². The minimum atomic E-state index is -3.26. The number of hydrogen-bond donors (Lipinski definition) is 1. The second-order valence-corrected chi connectivity index (χ2v) is 7.06. The van der Waals surface area contributed by atoms with Gasteiger partial charge in [-0.2, -0.15) is 0 Å². The first-order valence-electron chi connectivity index (χ1n) is 5.35. The van der Waals surface area contributed by atoms with Crippen molar-refractivity contribution in [2.24, 2.45) is 5.92 Å². The van der Waals surface area contributed by atoms with Gasteiger partial charge in [-0.1, -0.05) is 18.2 Å². The predicted octanol–water partition coefficient (Wildman–Crippen LogP) is 1.62. The number of rotatable bonds is 3. The van der Waals surface area contributed by atoms with Crippen LogP contribution in [-0.4, -0.2) is 24.4 Å². The van der Waals surface area contributed by atoms with Gasteiger partial charge in [0.1, 0.15) is 0 Å². The van der Waals surface area contributed by atoms with Gasteiger partial charge in [0.25, 0.3) is 0 Å². The Labute approximate surface area is 96.0 Å². The number of aliphatic hydroxyl groups is 1. The molecule has 1 saturated carbocycles. The molecule has 1 aliphatic carbocycles. The summed E-state index contributed by atoms with van der Waals surface area (Å²) >= 11 is 0. The Kier molecular flexibility index (Phi) is 2.59. The van der Waals surface area contributed by atoms with E-state index in [1.807, 2.05) is 0 Å². The summed E-state index contributed by atoms with van der Waals surface area (Å²) in [7, 11) is -3.26. The van der Waals surface area contributed by atoms with Crippen molar-refractivity contribution in [3.05, 3.63) is 30.3 Å². The zero-order chi connectivity index (χ0) is 12.0. The van der Waals surface area contributed by atoms with Crippen LogP contribution in [0, 0.1) is 5.92 Å². The van der Waals surface area contributed by atoms with Crippen LogP contribution in [0.25, 0.3) is 0 Å². The largest absolute Gasteiger partial charge is 0.390 e. The molecular weight excluding hydrogens is 224 g/mol. The van der Waals surface area contributed by atoms with Crippen molar-refractivity contribution < 1.29 is 13.5 Å². The Bertz CT molecular complexity index is 471. The first kappa shape index (κ1) is 11.6. The Morgan fingerprint density at radius 1 is 1.25 bits per heavy atom. The van der Waals surface area contributed by atoms with Gasteiger partial charge in [0.15, 0.2) is 9.84 Å². The quantitative estimate of drug-likeness (QED) is 0.873. The van der Waals surface area contributed by atoms with Crippen LogP contribution in [0.1, 0.15) is 20.3 Å². The molecule has 0 aliphatic heterocycles. The summed E-state index contributed by atoms with van der Waals surface area (Å²) in [6.07, 6.45) is 0.556. The zero-order valence-corrected chi connectivity index (χ0v) is 10.2. The van der Waals surface area contributed by atoms with Gasteiger partial charge in [0.2, 0.25) is 0 Å². The van der Waals surface area contributed by atoms with Gasteiger partial charge >= 0.3 is 0 Å². The van der Waals surface area contributed by atoms with Crippen molar-refractivity contribution in [3.8, 4) is 0 Å². The fourth-order valence-corrected chi connectivity index (χ4v) is 4.16. The zero-order valence-electron chi connectivity index (χ0n) is 9.42. The number of sulfone groups is 1. The Hall–Kier alpha value is -0.870. The van der Waals surface area contributed by atoms with E-state index in [0.29, 0.717) is 11.3 Å². The molecule has 1 N–H and O–H groups in total. The van der Waals surface area contributed by atoms with E-state index in [-0.39, 0.29) is 5.92 Å². The van der Waals surface area contributed by atoms with Gasteiger partial charge < -0.3 is 5.11 Å². The first-order valence-corrected chi connectivity index (χ1v) is 6.89. The molecule has 0 amide bonds. The van der Waals surface area contributed by atoms with Crippen LogP contribution in [0.3, 0.4) is 0 Å². The minimum absolute atomic E-state index is 0.141. The van der Waals surface area contributed by atoms with Gasteiger partial charge in [-0.3, -0.25) is 0 Å². The molecule has 88 valence electrons. The van der Waals surface area contributed by atoms with Crippen LogP contribution in [0.2, 0.25) is 0 Å². The molecule has 0 saturated heterocycles. The number of hydrogen-bond acceptors (Lipinski definition) is 3. The first-order chi connectivity index (χ1) is 7.33. The maximum Gasteiger partial charge on any atom is 0.181 e. The third-order valence-electron chi connectivity index (χ3n) is 3.11. The summed E-state index contributed by atoms with van der Waals surface area (Å²) in [4.78, 5) is 0.353. The van der Waals surface area contributed by atoms with E-state index in [0.717, 1.165) is 0 Å². The van der Waals surface area contributed by atoms with Crippen LogP contribution in [0.5, 0.6) is 0 Å². The average molecular weight is 240 g/mol. The van der Waals surface area contributed by atoms with E-state index in [2.05, 4.69) is 0 Å². The van der Waals surface area contributed by atoms with Gasteiger partial charge in [-0.25, -0.2) is 8.42 Å². The second kappa shape index (κ2) is 3.57. The molecule has 2 rings (SSSR count). The smallest absolute Gasteiger partial charge is 0.181 e. The monoisotopic (exact) mass is 240 g/mol. The highest BCUT2D eigenvalue weighted by atomic mass is 32.2. The summed E-state index contributed by atoms with van der Waals surface area (Å²) in [5.41, 5.74) is -0.910. The molecule has 4 heteroatoms. The molecule has 1 aromatic rings. The molecule has 1 fully saturated rings. The molecule has 0 bridgehead atoms. The van der Waals surface area contributed by atoms with E-state index >= 15 is 0 Å². The molecule has 1 aliphatic rings. The van der Waals surface area contributed by atoms with Crippen LogP contribution in [0.15, 0.2) is 35.2 Å². The summed E-state index contributed by atoms with van der Waals surface area (Å²) in [6, 6.07) is 8.44. The molecular formula is C12H16O3S. The van der Waals surface area contributed by atoms with Crippen molar-refractivity contribution in [1.82, 2.24) is 0 Å². The van der Waals surface area contributed by atoms with Gasteiger partial charge in [-0.15, -0.1) is 0 Å². The van der Waals surface area contributed by atoms with Crippen molar-refractivity contribution in [1.29, 1.82) is 0 Å². The van der Waals surface area contributed by atoms with Crippen LogP contribution < -0.4 is 0 Å². The topological polar surface area (TPSA) is 54.4 Å². The molecule has 0 unspecified atom stereocenters.